The minimum Gasteiger partial charge on any atom is -0.494 e. The quantitative estimate of drug-likeness (QED) is 0.625. The summed E-state index contributed by atoms with van der Waals surface area (Å²) in [7, 11) is 0. The van der Waals surface area contributed by atoms with Gasteiger partial charge in [0.2, 0.25) is 0 Å². The summed E-state index contributed by atoms with van der Waals surface area (Å²) in [5.41, 5.74) is 1.40. The molecule has 0 radical (unpaired) electrons. The highest BCUT2D eigenvalue weighted by Crippen LogP contribution is 2.13. The highest BCUT2D eigenvalue weighted by atomic mass is 16.5. The van der Waals surface area contributed by atoms with Gasteiger partial charge in [-0.1, -0.05) is 52.7 Å². The number of hydrogen-bond donors (Lipinski definition) is 0. The highest BCUT2D eigenvalue weighted by molar-refractivity contribution is 5.27. The number of hydrogen-bond acceptors (Lipinski definition) is 1. The molecule has 92 valence electrons. The predicted molar refractivity (Wildman–Crippen MR) is 72.2 cm³/mol. The summed E-state index contributed by atoms with van der Waals surface area (Å²) in [6.07, 6.45) is 4.69. The Bertz CT molecular complexity index is 238. The second-order valence-corrected chi connectivity index (χ2v) is 3.60. The molecule has 1 aromatic rings. The normalized spacial score (nSPS) is 9.25. The van der Waals surface area contributed by atoms with Crippen LogP contribution in [0.4, 0.5) is 0 Å². The number of aryl methyl sites for hydroxylation is 1. The topological polar surface area (TPSA) is 9.23 Å². The molecule has 1 rings (SSSR count). The van der Waals surface area contributed by atoms with Crippen molar-refractivity contribution in [3.8, 4) is 5.75 Å². The van der Waals surface area contributed by atoms with E-state index >= 15 is 0 Å². The Hall–Kier alpha value is -0.980. The summed E-state index contributed by atoms with van der Waals surface area (Å²) in [5, 5.41) is 0. The van der Waals surface area contributed by atoms with Crippen molar-refractivity contribution in [3.05, 3.63) is 29.8 Å². The molecular weight excluding hydrogens is 196 g/mol. The second-order valence-electron chi connectivity index (χ2n) is 3.60. The van der Waals surface area contributed by atoms with Crippen molar-refractivity contribution >= 4 is 0 Å². The van der Waals surface area contributed by atoms with Crippen LogP contribution in [0, 0.1) is 0 Å². The Balaban J connectivity index is 0.00000106. The standard InChI is InChI=1S/C13H20O.C2H6/c1-3-5-11-14-13-9-7-12(6-4-2)8-10-13;1-2/h7-10H,3-6,11H2,1-2H3;1-2H3. The molecule has 0 atom stereocenters. The fraction of sp³-hybridized carbons (Fsp3) is 0.600. The van der Waals surface area contributed by atoms with Gasteiger partial charge < -0.3 is 4.74 Å². The fourth-order valence-corrected chi connectivity index (χ4v) is 1.38. The maximum absolute atomic E-state index is 5.58. The summed E-state index contributed by atoms with van der Waals surface area (Å²) >= 11 is 0. The zero-order valence-electron chi connectivity index (χ0n) is 11.3. The van der Waals surface area contributed by atoms with E-state index in [-0.39, 0.29) is 0 Å². The lowest BCUT2D eigenvalue weighted by Crippen LogP contribution is -1.96. The largest absolute Gasteiger partial charge is 0.494 e. The molecule has 0 saturated heterocycles. The summed E-state index contributed by atoms with van der Waals surface area (Å²) in [6.45, 7) is 9.21. The smallest absolute Gasteiger partial charge is 0.119 e. The van der Waals surface area contributed by atoms with E-state index in [1.54, 1.807) is 0 Å². The maximum atomic E-state index is 5.58. The lowest BCUT2D eigenvalue weighted by Gasteiger charge is -2.05. The van der Waals surface area contributed by atoms with Crippen molar-refractivity contribution < 1.29 is 4.74 Å². The van der Waals surface area contributed by atoms with Crippen molar-refractivity contribution in [1.29, 1.82) is 0 Å². The van der Waals surface area contributed by atoms with E-state index < -0.39 is 0 Å². The van der Waals surface area contributed by atoms with Crippen LogP contribution in [-0.2, 0) is 6.42 Å². The van der Waals surface area contributed by atoms with E-state index in [9.17, 15) is 0 Å². The third-order valence-electron chi connectivity index (χ3n) is 2.23. The van der Waals surface area contributed by atoms with Crippen LogP contribution in [0.15, 0.2) is 24.3 Å². The molecule has 0 amide bonds. The molecule has 0 N–H and O–H groups in total. The van der Waals surface area contributed by atoms with Crippen molar-refractivity contribution in [3.63, 3.8) is 0 Å². The van der Waals surface area contributed by atoms with Crippen molar-refractivity contribution in [1.82, 2.24) is 0 Å². The van der Waals surface area contributed by atoms with Crippen LogP contribution >= 0.6 is 0 Å². The van der Waals surface area contributed by atoms with Gasteiger partial charge in [0.25, 0.3) is 0 Å². The molecule has 0 aliphatic rings. The van der Waals surface area contributed by atoms with Crippen LogP contribution in [0.5, 0.6) is 5.75 Å². The van der Waals surface area contributed by atoms with Gasteiger partial charge in [0.1, 0.15) is 5.75 Å². The number of unbranched alkanes of at least 4 members (excludes halogenated alkanes) is 1. The highest BCUT2D eigenvalue weighted by Gasteiger charge is 1.94. The first kappa shape index (κ1) is 15.0. The number of rotatable bonds is 6. The molecule has 16 heavy (non-hydrogen) atoms. The van der Waals surface area contributed by atoms with Gasteiger partial charge in [0.05, 0.1) is 6.61 Å². The molecule has 1 heteroatoms. The monoisotopic (exact) mass is 222 g/mol. The summed E-state index contributed by atoms with van der Waals surface area (Å²) < 4.78 is 5.58. The van der Waals surface area contributed by atoms with Crippen LogP contribution < -0.4 is 4.74 Å². The van der Waals surface area contributed by atoms with Crippen LogP contribution in [0.1, 0.15) is 52.5 Å². The van der Waals surface area contributed by atoms with Crippen molar-refractivity contribution in [2.75, 3.05) is 6.61 Å². The Kier molecular flexibility index (Phi) is 9.89. The van der Waals surface area contributed by atoms with Gasteiger partial charge in [-0.3, -0.25) is 0 Å². The predicted octanol–water partition coefficient (Wildman–Crippen LogP) is 4.84. The fourth-order valence-electron chi connectivity index (χ4n) is 1.38. The minimum absolute atomic E-state index is 0.837. The lowest BCUT2D eigenvalue weighted by molar-refractivity contribution is 0.309. The van der Waals surface area contributed by atoms with Gasteiger partial charge >= 0.3 is 0 Å². The molecule has 0 aliphatic heterocycles. The molecule has 0 heterocycles. The molecule has 0 spiro atoms. The lowest BCUT2D eigenvalue weighted by atomic mass is 10.1. The number of ether oxygens (including phenoxy) is 1. The molecule has 0 fully saturated rings. The maximum Gasteiger partial charge on any atom is 0.119 e. The molecule has 0 saturated carbocycles. The van der Waals surface area contributed by atoms with E-state index in [1.807, 2.05) is 13.8 Å². The van der Waals surface area contributed by atoms with Crippen LogP contribution in [0.25, 0.3) is 0 Å². The van der Waals surface area contributed by atoms with Gasteiger partial charge in [-0.2, -0.15) is 0 Å². The zero-order valence-corrected chi connectivity index (χ0v) is 11.3. The minimum atomic E-state index is 0.837. The van der Waals surface area contributed by atoms with E-state index in [1.165, 1.54) is 18.4 Å². The molecule has 0 aliphatic carbocycles. The Morgan fingerprint density at radius 1 is 0.938 bits per heavy atom. The molecule has 0 aromatic heterocycles. The van der Waals surface area contributed by atoms with Gasteiger partial charge in [0.15, 0.2) is 0 Å². The third-order valence-corrected chi connectivity index (χ3v) is 2.23. The van der Waals surface area contributed by atoms with Crippen LogP contribution in [-0.4, -0.2) is 6.61 Å². The third kappa shape index (κ3) is 6.49. The summed E-state index contributed by atoms with van der Waals surface area (Å²) in [5.74, 6) is 0.998. The second kappa shape index (κ2) is 10.5. The zero-order chi connectivity index (χ0) is 12.2. The van der Waals surface area contributed by atoms with Gasteiger partial charge in [-0.15, -0.1) is 0 Å². The Morgan fingerprint density at radius 3 is 2.06 bits per heavy atom. The van der Waals surface area contributed by atoms with Crippen molar-refractivity contribution in [2.45, 2.75) is 53.4 Å². The molecule has 0 unspecified atom stereocenters. The van der Waals surface area contributed by atoms with E-state index in [0.29, 0.717) is 0 Å². The SMILES string of the molecule is CC.CCCCOc1ccc(CCC)cc1. The van der Waals surface area contributed by atoms with Gasteiger partial charge in [0, 0.05) is 0 Å². The average molecular weight is 222 g/mol. The van der Waals surface area contributed by atoms with Crippen molar-refractivity contribution in [2.24, 2.45) is 0 Å². The first-order valence-electron chi connectivity index (χ1n) is 6.58. The summed E-state index contributed by atoms with van der Waals surface area (Å²) in [6, 6.07) is 8.46. The van der Waals surface area contributed by atoms with E-state index in [2.05, 4.69) is 38.1 Å². The molecular formula is C15H26O. The van der Waals surface area contributed by atoms with Gasteiger partial charge in [-0.25, -0.2) is 0 Å². The van der Waals surface area contributed by atoms with Gasteiger partial charge in [-0.05, 0) is 30.5 Å². The molecule has 1 aromatic carbocycles. The molecule has 1 nitrogen and oxygen atoms in total. The Morgan fingerprint density at radius 2 is 1.56 bits per heavy atom. The van der Waals surface area contributed by atoms with Crippen LogP contribution in [0.3, 0.4) is 0 Å². The first-order valence-corrected chi connectivity index (χ1v) is 6.58. The molecule has 0 bridgehead atoms. The van der Waals surface area contributed by atoms with Crippen LogP contribution in [0.2, 0.25) is 0 Å². The average Bonchev–Trinajstić information content (AvgIpc) is 2.35. The first-order chi connectivity index (χ1) is 7.86. The van der Waals surface area contributed by atoms with E-state index in [4.69, 9.17) is 4.74 Å². The Labute approximate surface area is 101 Å². The number of benzene rings is 1. The summed E-state index contributed by atoms with van der Waals surface area (Å²) in [4.78, 5) is 0. The van der Waals surface area contributed by atoms with E-state index in [0.717, 1.165) is 25.2 Å².